The molecule has 1 aromatic carbocycles. The van der Waals surface area contributed by atoms with Gasteiger partial charge in [-0.3, -0.25) is 0 Å². The third-order valence-corrected chi connectivity index (χ3v) is 4.59. The number of nitrogen functional groups attached to an aromatic ring is 1. The Hall–Kier alpha value is -0.820. The molecular weight excluding hydrogens is 290 g/mol. The number of nitrogens with two attached hydrogens (primary N) is 1. The highest BCUT2D eigenvalue weighted by Crippen LogP contribution is 2.23. The Morgan fingerprint density at radius 2 is 2.00 bits per heavy atom. The molecule has 0 aliphatic carbocycles. The summed E-state index contributed by atoms with van der Waals surface area (Å²) >= 11 is 5.81. The van der Waals surface area contributed by atoms with Crippen LogP contribution in [0.15, 0.2) is 23.1 Å². The van der Waals surface area contributed by atoms with Crippen molar-refractivity contribution < 1.29 is 17.9 Å². The molecule has 1 rings (SSSR count). The standard InChI is InChI=1S/C12H18ClNO4S/c1-17-6-7-18-5-2-8-19(15,16)10-3-4-12(14)11(13)9-10/h3-4,9H,2,5-8,14H2,1H3. The fourth-order valence-corrected chi connectivity index (χ4v) is 2.97. The highest BCUT2D eigenvalue weighted by atomic mass is 35.5. The molecule has 0 spiro atoms. The van der Waals surface area contributed by atoms with Crippen molar-refractivity contribution in [2.24, 2.45) is 0 Å². The smallest absolute Gasteiger partial charge is 0.178 e. The molecule has 0 aliphatic heterocycles. The Kier molecular flexibility index (Phi) is 6.57. The normalized spacial score (nSPS) is 11.7. The molecule has 0 unspecified atom stereocenters. The van der Waals surface area contributed by atoms with Crippen LogP contribution in [-0.2, 0) is 19.3 Å². The van der Waals surface area contributed by atoms with Gasteiger partial charge >= 0.3 is 0 Å². The second kappa shape index (κ2) is 7.69. The Morgan fingerprint density at radius 3 is 2.63 bits per heavy atom. The molecule has 108 valence electrons. The van der Waals surface area contributed by atoms with Crippen molar-refractivity contribution in [3.8, 4) is 0 Å². The quantitative estimate of drug-likeness (QED) is 0.585. The molecule has 0 saturated heterocycles. The number of halogens is 1. The van der Waals surface area contributed by atoms with Gasteiger partial charge in [-0.05, 0) is 24.6 Å². The van der Waals surface area contributed by atoms with Crippen molar-refractivity contribution in [1.29, 1.82) is 0 Å². The molecule has 0 aromatic heterocycles. The molecule has 0 radical (unpaired) electrons. The van der Waals surface area contributed by atoms with Crippen LogP contribution in [0.5, 0.6) is 0 Å². The highest BCUT2D eigenvalue weighted by Gasteiger charge is 2.15. The first-order valence-electron chi connectivity index (χ1n) is 5.82. The number of benzene rings is 1. The lowest BCUT2D eigenvalue weighted by atomic mass is 10.3. The van der Waals surface area contributed by atoms with Crippen molar-refractivity contribution in [3.05, 3.63) is 23.2 Å². The molecule has 0 aliphatic rings. The van der Waals surface area contributed by atoms with Crippen molar-refractivity contribution >= 4 is 27.1 Å². The number of ether oxygens (including phenoxy) is 2. The first-order valence-corrected chi connectivity index (χ1v) is 7.85. The van der Waals surface area contributed by atoms with Crippen molar-refractivity contribution in [2.75, 3.05) is 38.4 Å². The molecule has 2 N–H and O–H groups in total. The summed E-state index contributed by atoms with van der Waals surface area (Å²) in [5.74, 6) is 0.0141. The summed E-state index contributed by atoms with van der Waals surface area (Å²) in [4.78, 5) is 0.184. The average molecular weight is 308 g/mol. The molecule has 0 fully saturated rings. The zero-order valence-electron chi connectivity index (χ0n) is 10.8. The third-order valence-electron chi connectivity index (χ3n) is 2.46. The zero-order chi connectivity index (χ0) is 14.3. The van der Waals surface area contributed by atoms with E-state index in [1.165, 1.54) is 18.2 Å². The van der Waals surface area contributed by atoms with E-state index in [4.69, 9.17) is 26.8 Å². The van der Waals surface area contributed by atoms with Crippen LogP contribution in [0.2, 0.25) is 5.02 Å². The molecule has 0 amide bonds. The maximum Gasteiger partial charge on any atom is 0.178 e. The van der Waals surface area contributed by atoms with Gasteiger partial charge in [0.15, 0.2) is 9.84 Å². The van der Waals surface area contributed by atoms with E-state index in [0.717, 1.165) is 0 Å². The van der Waals surface area contributed by atoms with E-state index in [1.54, 1.807) is 7.11 Å². The zero-order valence-corrected chi connectivity index (χ0v) is 12.3. The van der Waals surface area contributed by atoms with E-state index in [0.29, 0.717) is 31.9 Å². The first kappa shape index (κ1) is 16.2. The molecule has 0 bridgehead atoms. The lowest BCUT2D eigenvalue weighted by Crippen LogP contribution is -2.11. The summed E-state index contributed by atoms with van der Waals surface area (Å²) in [5, 5.41) is 0.248. The Balaban J connectivity index is 2.49. The van der Waals surface area contributed by atoms with Crippen LogP contribution in [0.25, 0.3) is 0 Å². The van der Waals surface area contributed by atoms with Crippen LogP contribution in [0.4, 0.5) is 5.69 Å². The summed E-state index contributed by atoms with van der Waals surface area (Å²) in [5.41, 5.74) is 5.91. The summed E-state index contributed by atoms with van der Waals surface area (Å²) < 4.78 is 34.0. The van der Waals surface area contributed by atoms with Gasteiger partial charge in [0, 0.05) is 13.7 Å². The van der Waals surface area contributed by atoms with Crippen LogP contribution < -0.4 is 5.73 Å². The molecule has 1 aromatic rings. The predicted octanol–water partition coefficient (Wildman–Crippen LogP) is 1.75. The van der Waals surface area contributed by atoms with E-state index in [2.05, 4.69) is 0 Å². The molecular formula is C12H18ClNO4S. The lowest BCUT2D eigenvalue weighted by molar-refractivity contribution is 0.0712. The maximum absolute atomic E-state index is 12.0. The number of sulfone groups is 1. The van der Waals surface area contributed by atoms with Crippen LogP contribution in [0.1, 0.15) is 6.42 Å². The van der Waals surface area contributed by atoms with E-state index >= 15 is 0 Å². The van der Waals surface area contributed by atoms with Gasteiger partial charge in [-0.1, -0.05) is 11.6 Å². The van der Waals surface area contributed by atoms with Gasteiger partial charge in [0.05, 0.1) is 34.6 Å². The van der Waals surface area contributed by atoms with Gasteiger partial charge < -0.3 is 15.2 Å². The molecule has 0 heterocycles. The van der Waals surface area contributed by atoms with Crippen molar-refractivity contribution in [3.63, 3.8) is 0 Å². The average Bonchev–Trinajstić information content (AvgIpc) is 2.36. The molecule has 0 saturated carbocycles. The molecule has 0 atom stereocenters. The number of hydrogen-bond acceptors (Lipinski definition) is 5. The second-order valence-corrected chi connectivity index (χ2v) is 6.48. The van der Waals surface area contributed by atoms with Crippen molar-refractivity contribution in [1.82, 2.24) is 0 Å². The predicted molar refractivity (Wildman–Crippen MR) is 75.2 cm³/mol. The summed E-state index contributed by atoms with van der Waals surface area (Å²) in [6, 6.07) is 4.32. The number of methoxy groups -OCH3 is 1. The Labute approximate surface area is 118 Å². The van der Waals surface area contributed by atoms with Gasteiger partial charge in [-0.25, -0.2) is 8.42 Å². The van der Waals surface area contributed by atoms with Gasteiger partial charge in [0.1, 0.15) is 0 Å². The number of anilines is 1. The minimum atomic E-state index is -3.34. The highest BCUT2D eigenvalue weighted by molar-refractivity contribution is 7.91. The van der Waals surface area contributed by atoms with Gasteiger partial charge in [0.2, 0.25) is 0 Å². The van der Waals surface area contributed by atoms with Gasteiger partial charge in [0.25, 0.3) is 0 Å². The second-order valence-electron chi connectivity index (χ2n) is 3.96. The van der Waals surface area contributed by atoms with Crippen LogP contribution in [-0.4, -0.2) is 41.1 Å². The maximum atomic E-state index is 12.0. The lowest BCUT2D eigenvalue weighted by Gasteiger charge is -2.07. The largest absolute Gasteiger partial charge is 0.398 e. The van der Waals surface area contributed by atoms with E-state index in [1.807, 2.05) is 0 Å². The SMILES string of the molecule is COCCOCCCS(=O)(=O)c1ccc(N)c(Cl)c1. The van der Waals surface area contributed by atoms with Gasteiger partial charge in [-0.2, -0.15) is 0 Å². The van der Waals surface area contributed by atoms with E-state index < -0.39 is 9.84 Å². The van der Waals surface area contributed by atoms with Crippen LogP contribution >= 0.6 is 11.6 Å². The van der Waals surface area contributed by atoms with Crippen LogP contribution in [0.3, 0.4) is 0 Å². The van der Waals surface area contributed by atoms with Crippen LogP contribution in [0, 0.1) is 0 Å². The minimum Gasteiger partial charge on any atom is -0.398 e. The minimum absolute atomic E-state index is 0.0141. The number of rotatable bonds is 8. The summed E-state index contributed by atoms with van der Waals surface area (Å²) in [6.07, 6.45) is 0.425. The number of hydrogen-bond donors (Lipinski definition) is 1. The third kappa shape index (κ3) is 5.36. The topological polar surface area (TPSA) is 78.6 Å². The fourth-order valence-electron chi connectivity index (χ4n) is 1.41. The van der Waals surface area contributed by atoms with E-state index in [-0.39, 0.29) is 15.7 Å². The van der Waals surface area contributed by atoms with E-state index in [9.17, 15) is 8.42 Å². The van der Waals surface area contributed by atoms with Crippen molar-refractivity contribution in [2.45, 2.75) is 11.3 Å². The molecule has 19 heavy (non-hydrogen) atoms. The Bertz CT molecular complexity index is 504. The summed E-state index contributed by atoms with van der Waals surface area (Å²) in [7, 11) is -1.76. The Morgan fingerprint density at radius 1 is 1.26 bits per heavy atom. The van der Waals surface area contributed by atoms with Gasteiger partial charge in [-0.15, -0.1) is 0 Å². The molecule has 7 heteroatoms. The monoisotopic (exact) mass is 307 g/mol. The summed E-state index contributed by atoms with van der Waals surface area (Å²) in [6.45, 7) is 1.34. The fraction of sp³-hybridized carbons (Fsp3) is 0.500. The molecule has 5 nitrogen and oxygen atoms in total. The first-order chi connectivity index (χ1) is 8.97.